The number of hydrogen-bond donors (Lipinski definition) is 1. The summed E-state index contributed by atoms with van der Waals surface area (Å²) in [6.07, 6.45) is 1.83. The molecular formula is C12H17NO4S2. The van der Waals surface area contributed by atoms with Gasteiger partial charge in [0.05, 0.1) is 18.3 Å². The van der Waals surface area contributed by atoms with Crippen molar-refractivity contribution in [3.8, 4) is 0 Å². The molecule has 0 aromatic carbocycles. The van der Waals surface area contributed by atoms with Crippen LogP contribution in [0.2, 0.25) is 0 Å². The van der Waals surface area contributed by atoms with E-state index in [0.717, 1.165) is 12.0 Å². The van der Waals surface area contributed by atoms with Crippen LogP contribution in [-0.4, -0.2) is 26.7 Å². The van der Waals surface area contributed by atoms with Gasteiger partial charge >= 0.3 is 5.97 Å². The Morgan fingerprint density at radius 2 is 2.32 bits per heavy atom. The summed E-state index contributed by atoms with van der Waals surface area (Å²) in [5.41, 5.74) is 0.932. The Kier molecular flexibility index (Phi) is 4.59. The van der Waals surface area contributed by atoms with Crippen molar-refractivity contribution in [2.45, 2.75) is 31.1 Å². The highest BCUT2D eigenvalue weighted by atomic mass is 32.2. The number of thiophene rings is 1. The van der Waals surface area contributed by atoms with Gasteiger partial charge in [0, 0.05) is 6.54 Å². The summed E-state index contributed by atoms with van der Waals surface area (Å²) < 4.78 is 31.8. The van der Waals surface area contributed by atoms with E-state index >= 15 is 0 Å². The zero-order chi connectivity index (χ0) is 13.9. The molecule has 0 radical (unpaired) electrons. The fourth-order valence-corrected chi connectivity index (χ4v) is 4.81. The van der Waals surface area contributed by atoms with Gasteiger partial charge in [0.25, 0.3) is 0 Å². The van der Waals surface area contributed by atoms with Crippen molar-refractivity contribution < 1.29 is 17.9 Å². The van der Waals surface area contributed by atoms with Gasteiger partial charge in [-0.05, 0) is 35.2 Å². The number of carbonyl (C=O) groups excluding carboxylic acids is 1. The minimum atomic E-state index is -3.49. The molecule has 0 aliphatic heterocycles. The predicted octanol–water partition coefficient (Wildman–Crippen LogP) is 1.51. The molecule has 0 spiro atoms. The summed E-state index contributed by atoms with van der Waals surface area (Å²) in [7, 11) is -2.19. The van der Waals surface area contributed by atoms with E-state index in [1.165, 1.54) is 18.4 Å². The number of methoxy groups -OCH3 is 1. The second-order valence-electron chi connectivity index (χ2n) is 4.60. The number of sulfonamides is 1. The first kappa shape index (κ1) is 14.5. The fraction of sp³-hybridized carbons (Fsp3) is 0.583. The molecule has 1 aliphatic rings. The lowest BCUT2D eigenvalue weighted by atomic mass is 10.1. The largest absolute Gasteiger partial charge is 0.469 e. The van der Waals surface area contributed by atoms with Crippen molar-refractivity contribution in [2.75, 3.05) is 7.11 Å². The first-order chi connectivity index (χ1) is 9.04. The Morgan fingerprint density at radius 1 is 1.53 bits per heavy atom. The summed E-state index contributed by atoms with van der Waals surface area (Å²) in [5.74, 6) is -0.964. The molecule has 2 unspecified atom stereocenters. The van der Waals surface area contributed by atoms with Crippen LogP contribution in [0.3, 0.4) is 0 Å². The second kappa shape index (κ2) is 6.02. The average Bonchev–Trinajstić information content (AvgIpc) is 3.06. The minimum absolute atomic E-state index is 0.274. The van der Waals surface area contributed by atoms with Crippen molar-refractivity contribution >= 4 is 27.3 Å². The molecule has 106 valence electrons. The summed E-state index contributed by atoms with van der Waals surface area (Å²) in [4.78, 5) is 11.6. The first-order valence-electron chi connectivity index (χ1n) is 6.12. The third kappa shape index (κ3) is 3.34. The van der Waals surface area contributed by atoms with Gasteiger partial charge in [-0.15, -0.1) is 0 Å². The summed E-state index contributed by atoms with van der Waals surface area (Å²) in [5, 5.41) is 3.13. The molecule has 0 amide bonds. The van der Waals surface area contributed by atoms with Crippen molar-refractivity contribution in [3.63, 3.8) is 0 Å². The first-order valence-corrected chi connectivity index (χ1v) is 8.61. The van der Waals surface area contributed by atoms with Gasteiger partial charge in [0.1, 0.15) is 0 Å². The molecule has 2 rings (SSSR count). The van der Waals surface area contributed by atoms with Gasteiger partial charge < -0.3 is 4.74 Å². The van der Waals surface area contributed by atoms with Gasteiger partial charge in [-0.2, -0.15) is 11.3 Å². The van der Waals surface area contributed by atoms with Gasteiger partial charge in [0.2, 0.25) is 10.0 Å². The van der Waals surface area contributed by atoms with Gasteiger partial charge in [-0.3, -0.25) is 4.79 Å². The molecule has 2 atom stereocenters. The molecule has 0 bridgehead atoms. The zero-order valence-corrected chi connectivity index (χ0v) is 12.3. The number of esters is 1. The normalized spacial score (nSPS) is 23.4. The van der Waals surface area contributed by atoms with E-state index in [-0.39, 0.29) is 6.54 Å². The van der Waals surface area contributed by atoms with E-state index in [9.17, 15) is 13.2 Å². The average molecular weight is 303 g/mol. The van der Waals surface area contributed by atoms with Crippen molar-refractivity contribution in [1.29, 1.82) is 0 Å². The van der Waals surface area contributed by atoms with Gasteiger partial charge in [-0.1, -0.05) is 6.42 Å². The van der Waals surface area contributed by atoms with Crippen LogP contribution >= 0.6 is 11.3 Å². The van der Waals surface area contributed by atoms with E-state index in [4.69, 9.17) is 0 Å². The molecule has 5 nitrogen and oxygen atoms in total. The molecule has 1 aliphatic carbocycles. The minimum Gasteiger partial charge on any atom is -0.469 e. The second-order valence-corrected chi connectivity index (χ2v) is 7.36. The van der Waals surface area contributed by atoms with Crippen LogP contribution < -0.4 is 4.72 Å². The molecule has 1 aromatic rings. The van der Waals surface area contributed by atoms with Crippen LogP contribution in [0.5, 0.6) is 0 Å². The van der Waals surface area contributed by atoms with Crippen LogP contribution in [0.25, 0.3) is 0 Å². The summed E-state index contributed by atoms with van der Waals surface area (Å²) in [6.45, 7) is 0.274. The van der Waals surface area contributed by atoms with Gasteiger partial charge in [0.15, 0.2) is 0 Å². The van der Waals surface area contributed by atoms with E-state index in [2.05, 4.69) is 9.46 Å². The number of carbonyl (C=O) groups is 1. The SMILES string of the molecule is COC(=O)C1CCCC1S(=O)(=O)NCc1ccsc1. The maximum absolute atomic E-state index is 12.2. The number of hydrogen-bond acceptors (Lipinski definition) is 5. The van der Waals surface area contributed by atoms with Crippen molar-refractivity contribution in [1.82, 2.24) is 4.72 Å². The molecule has 1 heterocycles. The highest BCUT2D eigenvalue weighted by Gasteiger charge is 2.41. The lowest BCUT2D eigenvalue weighted by Gasteiger charge is -2.18. The van der Waals surface area contributed by atoms with E-state index in [1.807, 2.05) is 16.8 Å². The van der Waals surface area contributed by atoms with Crippen LogP contribution in [0.15, 0.2) is 16.8 Å². The van der Waals surface area contributed by atoms with Crippen molar-refractivity contribution in [2.24, 2.45) is 5.92 Å². The third-order valence-electron chi connectivity index (χ3n) is 3.41. The molecular weight excluding hydrogens is 286 g/mol. The molecule has 1 saturated carbocycles. The topological polar surface area (TPSA) is 72.5 Å². The molecule has 1 aromatic heterocycles. The lowest BCUT2D eigenvalue weighted by Crippen LogP contribution is -2.39. The summed E-state index contributed by atoms with van der Waals surface area (Å²) >= 11 is 1.52. The van der Waals surface area contributed by atoms with Crippen molar-refractivity contribution in [3.05, 3.63) is 22.4 Å². The molecule has 1 N–H and O–H groups in total. The monoisotopic (exact) mass is 303 g/mol. The van der Waals surface area contributed by atoms with E-state index in [1.54, 1.807) is 0 Å². The zero-order valence-electron chi connectivity index (χ0n) is 10.7. The van der Waals surface area contributed by atoms with Crippen LogP contribution in [-0.2, 0) is 26.1 Å². The van der Waals surface area contributed by atoms with Crippen LogP contribution in [0, 0.1) is 5.92 Å². The van der Waals surface area contributed by atoms with E-state index < -0.39 is 27.2 Å². The predicted molar refractivity (Wildman–Crippen MR) is 73.2 cm³/mol. The Balaban J connectivity index is 2.04. The maximum atomic E-state index is 12.2. The lowest BCUT2D eigenvalue weighted by molar-refractivity contribution is -0.145. The number of ether oxygens (including phenoxy) is 1. The van der Waals surface area contributed by atoms with E-state index in [0.29, 0.717) is 12.8 Å². The quantitative estimate of drug-likeness (QED) is 0.837. The van der Waals surface area contributed by atoms with Crippen LogP contribution in [0.4, 0.5) is 0 Å². The fourth-order valence-electron chi connectivity index (χ4n) is 2.40. The van der Waals surface area contributed by atoms with Crippen LogP contribution in [0.1, 0.15) is 24.8 Å². The Bertz CT molecular complexity index is 524. The highest BCUT2D eigenvalue weighted by molar-refractivity contribution is 7.90. The number of nitrogens with one attached hydrogen (secondary N) is 1. The third-order valence-corrected chi connectivity index (χ3v) is 6.05. The molecule has 7 heteroatoms. The molecule has 0 saturated heterocycles. The van der Waals surface area contributed by atoms with Gasteiger partial charge in [-0.25, -0.2) is 13.1 Å². The summed E-state index contributed by atoms with van der Waals surface area (Å²) in [6, 6.07) is 1.87. The Morgan fingerprint density at radius 3 is 2.95 bits per heavy atom. The molecule has 19 heavy (non-hydrogen) atoms. The number of rotatable bonds is 5. The highest BCUT2D eigenvalue weighted by Crippen LogP contribution is 2.31. The molecule has 1 fully saturated rings. The Labute approximate surface area is 117 Å². The standard InChI is InChI=1S/C12H17NO4S2/c1-17-12(14)10-3-2-4-11(10)19(15,16)13-7-9-5-6-18-8-9/h5-6,8,10-11,13H,2-4,7H2,1H3. The smallest absolute Gasteiger partial charge is 0.310 e. The Hall–Kier alpha value is -0.920. The maximum Gasteiger partial charge on any atom is 0.310 e.